The number of nitrogens with one attached hydrogen (secondary N) is 1. The van der Waals surface area contributed by atoms with Crippen molar-refractivity contribution in [1.82, 2.24) is 9.88 Å². The minimum atomic E-state index is -4.26. The van der Waals surface area contributed by atoms with Crippen LogP contribution in [-0.4, -0.2) is 28.5 Å². The van der Waals surface area contributed by atoms with Crippen molar-refractivity contribution in [1.29, 1.82) is 0 Å². The van der Waals surface area contributed by atoms with Gasteiger partial charge in [0.1, 0.15) is 5.76 Å². The second kappa shape index (κ2) is 7.95. The van der Waals surface area contributed by atoms with Crippen LogP contribution in [0.15, 0.2) is 52.9 Å². The van der Waals surface area contributed by atoms with Crippen LogP contribution in [0, 0.1) is 6.92 Å². The molecule has 1 aliphatic heterocycles. The number of nitrogens with zero attached hydrogens (tertiary/aromatic N) is 2. The molecular formula is C22H20F3N3O2. The van der Waals surface area contributed by atoms with E-state index in [1.54, 1.807) is 25.1 Å². The second-order valence-electron chi connectivity index (χ2n) is 7.32. The van der Waals surface area contributed by atoms with E-state index in [9.17, 15) is 18.0 Å². The lowest BCUT2D eigenvalue weighted by molar-refractivity contribution is -0.147. The normalized spacial score (nSPS) is 14.0. The summed E-state index contributed by atoms with van der Waals surface area (Å²) in [7, 11) is 0. The van der Waals surface area contributed by atoms with Gasteiger partial charge in [-0.1, -0.05) is 30.3 Å². The predicted molar refractivity (Wildman–Crippen MR) is 106 cm³/mol. The molecule has 0 radical (unpaired) electrons. The van der Waals surface area contributed by atoms with Crippen LogP contribution in [0.3, 0.4) is 0 Å². The van der Waals surface area contributed by atoms with Crippen molar-refractivity contribution in [3.05, 3.63) is 71.1 Å². The maximum Gasteiger partial charge on any atom is 0.401 e. The third kappa shape index (κ3) is 4.54. The van der Waals surface area contributed by atoms with Gasteiger partial charge in [-0.2, -0.15) is 13.2 Å². The van der Waals surface area contributed by atoms with Gasteiger partial charge in [-0.15, -0.1) is 0 Å². The molecule has 2 aromatic carbocycles. The Morgan fingerprint density at radius 3 is 2.63 bits per heavy atom. The van der Waals surface area contributed by atoms with E-state index in [-0.39, 0.29) is 25.4 Å². The summed E-state index contributed by atoms with van der Waals surface area (Å²) in [5.41, 5.74) is 3.39. The molecule has 0 fully saturated rings. The topological polar surface area (TPSA) is 58.4 Å². The molecule has 30 heavy (non-hydrogen) atoms. The van der Waals surface area contributed by atoms with Crippen LogP contribution < -0.4 is 5.32 Å². The van der Waals surface area contributed by atoms with Crippen molar-refractivity contribution < 1.29 is 22.4 Å². The van der Waals surface area contributed by atoms with Crippen LogP contribution >= 0.6 is 0 Å². The fourth-order valence-corrected chi connectivity index (χ4v) is 3.62. The molecule has 3 aromatic rings. The number of aryl methyl sites for hydroxylation is 1. The summed E-state index contributed by atoms with van der Waals surface area (Å²) < 4.78 is 43.8. The molecule has 8 heteroatoms. The highest BCUT2D eigenvalue weighted by Gasteiger charge is 2.34. The molecule has 1 aromatic heterocycles. The Kier molecular flexibility index (Phi) is 5.34. The first-order valence-electron chi connectivity index (χ1n) is 9.50. The van der Waals surface area contributed by atoms with Crippen LogP contribution in [-0.2, 0) is 24.3 Å². The number of alkyl halides is 3. The van der Waals surface area contributed by atoms with Crippen molar-refractivity contribution in [2.24, 2.45) is 0 Å². The van der Waals surface area contributed by atoms with Gasteiger partial charge >= 0.3 is 6.18 Å². The van der Waals surface area contributed by atoms with Crippen molar-refractivity contribution in [2.75, 3.05) is 11.9 Å². The Labute approximate surface area is 171 Å². The zero-order valence-corrected chi connectivity index (χ0v) is 16.3. The van der Waals surface area contributed by atoms with Gasteiger partial charge in [0.15, 0.2) is 0 Å². The van der Waals surface area contributed by atoms with E-state index in [0.717, 1.165) is 16.7 Å². The summed E-state index contributed by atoms with van der Waals surface area (Å²) in [6.07, 6.45) is -4.25. The number of aromatic nitrogens is 1. The highest BCUT2D eigenvalue weighted by atomic mass is 19.4. The molecule has 2 heterocycles. The number of halogens is 3. The molecule has 156 valence electrons. The SMILES string of the molecule is Cc1oc(-c2ccccc2)nc1CC(=O)Nc1cccc2c1CN(CC(F)(F)F)C2. The number of hydrogen-bond donors (Lipinski definition) is 1. The zero-order chi connectivity index (χ0) is 21.3. The van der Waals surface area contributed by atoms with Crippen LogP contribution in [0.5, 0.6) is 0 Å². The van der Waals surface area contributed by atoms with Crippen LogP contribution in [0.25, 0.3) is 11.5 Å². The third-order valence-corrected chi connectivity index (χ3v) is 4.97. The summed E-state index contributed by atoms with van der Waals surface area (Å²) in [4.78, 5) is 18.3. The van der Waals surface area contributed by atoms with Crippen LogP contribution in [0.1, 0.15) is 22.6 Å². The predicted octanol–water partition coefficient (Wildman–Crippen LogP) is 4.71. The zero-order valence-electron chi connectivity index (χ0n) is 16.3. The smallest absolute Gasteiger partial charge is 0.401 e. The van der Waals surface area contributed by atoms with E-state index < -0.39 is 12.7 Å². The highest BCUT2D eigenvalue weighted by molar-refractivity contribution is 5.93. The first-order chi connectivity index (χ1) is 14.3. The van der Waals surface area contributed by atoms with Crippen molar-refractivity contribution in [3.63, 3.8) is 0 Å². The summed E-state index contributed by atoms with van der Waals surface area (Å²) in [5.74, 6) is 0.701. The van der Waals surface area contributed by atoms with Gasteiger partial charge in [-0.25, -0.2) is 4.98 Å². The van der Waals surface area contributed by atoms with Gasteiger partial charge in [0.2, 0.25) is 11.8 Å². The number of carbonyl (C=O) groups is 1. The van der Waals surface area contributed by atoms with Gasteiger partial charge in [0.05, 0.1) is 18.7 Å². The minimum absolute atomic E-state index is 0.0120. The summed E-state index contributed by atoms with van der Waals surface area (Å²) in [5, 5.41) is 2.82. The lowest BCUT2D eigenvalue weighted by Crippen LogP contribution is -2.30. The number of anilines is 1. The maximum atomic E-state index is 12.7. The summed E-state index contributed by atoms with van der Waals surface area (Å²) in [6.45, 7) is 1.13. The van der Waals surface area contributed by atoms with E-state index in [2.05, 4.69) is 10.3 Å². The Morgan fingerprint density at radius 1 is 1.13 bits per heavy atom. The summed E-state index contributed by atoms with van der Waals surface area (Å²) in [6, 6.07) is 14.6. The highest BCUT2D eigenvalue weighted by Crippen LogP contribution is 2.31. The van der Waals surface area contributed by atoms with E-state index in [0.29, 0.717) is 23.0 Å². The number of amides is 1. The number of rotatable bonds is 5. The molecule has 1 N–H and O–H groups in total. The Bertz CT molecular complexity index is 1060. The van der Waals surface area contributed by atoms with Gasteiger partial charge in [0, 0.05) is 24.3 Å². The molecule has 0 saturated carbocycles. The van der Waals surface area contributed by atoms with Crippen molar-refractivity contribution in [3.8, 4) is 11.5 Å². The van der Waals surface area contributed by atoms with Crippen LogP contribution in [0.4, 0.5) is 18.9 Å². The van der Waals surface area contributed by atoms with Gasteiger partial charge in [-0.3, -0.25) is 9.69 Å². The lowest BCUT2D eigenvalue weighted by Gasteiger charge is -2.17. The average molecular weight is 415 g/mol. The molecule has 1 amide bonds. The summed E-state index contributed by atoms with van der Waals surface area (Å²) >= 11 is 0. The van der Waals surface area contributed by atoms with E-state index in [1.165, 1.54) is 4.90 Å². The maximum absolute atomic E-state index is 12.7. The fourth-order valence-electron chi connectivity index (χ4n) is 3.62. The number of hydrogen-bond acceptors (Lipinski definition) is 4. The number of oxazole rings is 1. The Morgan fingerprint density at radius 2 is 1.90 bits per heavy atom. The molecule has 1 aliphatic rings. The number of fused-ring (bicyclic) bond motifs is 1. The van der Waals surface area contributed by atoms with E-state index >= 15 is 0 Å². The van der Waals surface area contributed by atoms with Gasteiger partial charge in [-0.05, 0) is 36.2 Å². The van der Waals surface area contributed by atoms with Gasteiger partial charge < -0.3 is 9.73 Å². The number of benzene rings is 2. The fraction of sp³-hybridized carbons (Fsp3) is 0.273. The Balaban J connectivity index is 1.45. The van der Waals surface area contributed by atoms with Crippen LogP contribution in [0.2, 0.25) is 0 Å². The largest absolute Gasteiger partial charge is 0.441 e. The Hall–Kier alpha value is -3.13. The minimum Gasteiger partial charge on any atom is -0.441 e. The molecule has 5 nitrogen and oxygen atoms in total. The molecule has 0 saturated heterocycles. The molecule has 0 unspecified atom stereocenters. The monoisotopic (exact) mass is 415 g/mol. The standard InChI is InChI=1S/C22H20F3N3O2/c1-14-19(27-21(30-14)15-6-3-2-4-7-15)10-20(29)26-18-9-5-8-16-11-28(12-17(16)18)13-22(23,24)25/h2-9H,10-13H2,1H3,(H,26,29). The first-order valence-corrected chi connectivity index (χ1v) is 9.50. The van der Waals surface area contributed by atoms with Crippen molar-refractivity contribution >= 4 is 11.6 Å². The molecule has 0 spiro atoms. The molecule has 0 bridgehead atoms. The molecule has 0 aliphatic carbocycles. The first kappa shape index (κ1) is 20.2. The molecule has 4 rings (SSSR count). The van der Waals surface area contributed by atoms with Gasteiger partial charge in [0.25, 0.3) is 0 Å². The average Bonchev–Trinajstić information content (AvgIpc) is 3.25. The number of carbonyl (C=O) groups excluding carboxylic acids is 1. The molecule has 0 atom stereocenters. The van der Waals surface area contributed by atoms with E-state index in [4.69, 9.17) is 4.42 Å². The van der Waals surface area contributed by atoms with E-state index in [1.807, 2.05) is 30.3 Å². The quantitative estimate of drug-likeness (QED) is 0.656. The molecular weight excluding hydrogens is 395 g/mol. The lowest BCUT2D eigenvalue weighted by atomic mass is 10.1. The van der Waals surface area contributed by atoms with Crippen molar-refractivity contribution in [2.45, 2.75) is 32.6 Å². The third-order valence-electron chi connectivity index (χ3n) is 4.97. The second-order valence-corrected chi connectivity index (χ2v) is 7.32.